The summed E-state index contributed by atoms with van der Waals surface area (Å²) in [7, 11) is 0. The molecule has 0 aliphatic carbocycles. The zero-order valence-electron chi connectivity index (χ0n) is 15.8. The summed E-state index contributed by atoms with van der Waals surface area (Å²) >= 11 is 0. The van der Waals surface area contributed by atoms with Crippen LogP contribution in [0.2, 0.25) is 0 Å². The Morgan fingerprint density at radius 2 is 1.86 bits per heavy atom. The normalized spacial score (nSPS) is 11.2. The number of nitro groups is 1. The first kappa shape index (κ1) is 18.4. The molecule has 2 heterocycles. The summed E-state index contributed by atoms with van der Waals surface area (Å²) < 4.78 is 2.25. The van der Waals surface area contributed by atoms with E-state index in [4.69, 9.17) is 0 Å². The van der Waals surface area contributed by atoms with E-state index in [0.29, 0.717) is 0 Å². The molecule has 0 aliphatic rings. The predicted octanol–water partition coefficient (Wildman–Crippen LogP) is 4.75. The predicted molar refractivity (Wildman–Crippen MR) is 114 cm³/mol. The quantitative estimate of drug-likeness (QED) is 0.295. The molecule has 0 saturated heterocycles. The Hall–Kier alpha value is -4.00. The molecule has 0 radical (unpaired) electrons. The summed E-state index contributed by atoms with van der Waals surface area (Å²) in [5.74, 6) is 0.111. The van der Waals surface area contributed by atoms with Crippen molar-refractivity contribution >= 4 is 28.6 Å². The lowest BCUT2D eigenvalue weighted by molar-refractivity contribution is -0.384. The monoisotopic (exact) mass is 385 g/mol. The fourth-order valence-corrected chi connectivity index (χ4v) is 3.38. The third-order valence-corrected chi connectivity index (χ3v) is 4.81. The minimum Gasteiger partial charge on any atom is -0.340 e. The molecule has 4 rings (SSSR count). The molecule has 2 aromatic carbocycles. The van der Waals surface area contributed by atoms with Crippen molar-refractivity contribution < 1.29 is 4.92 Å². The van der Waals surface area contributed by atoms with E-state index in [1.807, 2.05) is 43.3 Å². The van der Waals surface area contributed by atoms with E-state index < -0.39 is 4.92 Å². The van der Waals surface area contributed by atoms with Crippen LogP contribution in [0.15, 0.2) is 78.0 Å². The molecule has 7 heteroatoms. The standard InChI is InChI=1S/C22H19N5O2/c1-16-19(14-24-25-22-21(27(28)29)12-7-13-23-22)18-10-5-6-11-20(18)26(16)15-17-8-3-2-4-9-17/h2-14H,15H2,1H3,(H,23,25)/b24-14-. The van der Waals surface area contributed by atoms with Gasteiger partial charge in [0.25, 0.3) is 0 Å². The molecule has 0 fully saturated rings. The van der Waals surface area contributed by atoms with Crippen LogP contribution in [-0.2, 0) is 6.54 Å². The molecule has 0 aliphatic heterocycles. The number of benzene rings is 2. The summed E-state index contributed by atoms with van der Waals surface area (Å²) in [5, 5.41) is 16.4. The molecule has 144 valence electrons. The summed E-state index contributed by atoms with van der Waals surface area (Å²) in [6.07, 6.45) is 3.18. The number of hydrazone groups is 1. The summed E-state index contributed by atoms with van der Waals surface area (Å²) in [6.45, 7) is 2.80. The molecule has 0 spiro atoms. The van der Waals surface area contributed by atoms with Crippen LogP contribution in [0.5, 0.6) is 0 Å². The van der Waals surface area contributed by atoms with E-state index in [2.05, 4.69) is 38.3 Å². The molecule has 0 amide bonds. The maximum Gasteiger partial charge on any atom is 0.313 e. The molecular formula is C22H19N5O2. The molecule has 2 aromatic heterocycles. The minimum absolute atomic E-state index is 0.111. The highest BCUT2D eigenvalue weighted by molar-refractivity contribution is 6.01. The van der Waals surface area contributed by atoms with E-state index >= 15 is 0 Å². The zero-order chi connectivity index (χ0) is 20.2. The van der Waals surface area contributed by atoms with Crippen molar-refractivity contribution in [3.05, 3.63) is 99.9 Å². The number of hydrogen-bond acceptors (Lipinski definition) is 5. The highest BCUT2D eigenvalue weighted by atomic mass is 16.6. The van der Waals surface area contributed by atoms with Gasteiger partial charge in [-0.1, -0.05) is 48.5 Å². The van der Waals surface area contributed by atoms with Crippen molar-refractivity contribution in [1.29, 1.82) is 0 Å². The van der Waals surface area contributed by atoms with Gasteiger partial charge in [-0.05, 0) is 24.6 Å². The zero-order valence-corrected chi connectivity index (χ0v) is 15.8. The van der Waals surface area contributed by atoms with Crippen LogP contribution < -0.4 is 5.43 Å². The van der Waals surface area contributed by atoms with E-state index in [1.165, 1.54) is 23.9 Å². The van der Waals surface area contributed by atoms with Crippen LogP contribution in [-0.4, -0.2) is 20.7 Å². The Balaban J connectivity index is 1.69. The summed E-state index contributed by atoms with van der Waals surface area (Å²) in [5.41, 5.74) is 6.93. The van der Waals surface area contributed by atoms with Crippen LogP contribution in [0, 0.1) is 17.0 Å². The maximum absolute atomic E-state index is 11.1. The lowest BCUT2D eigenvalue weighted by atomic mass is 10.1. The molecular weight excluding hydrogens is 366 g/mol. The molecule has 7 nitrogen and oxygen atoms in total. The van der Waals surface area contributed by atoms with Gasteiger partial charge in [0.05, 0.1) is 11.1 Å². The molecule has 29 heavy (non-hydrogen) atoms. The second kappa shape index (κ2) is 7.93. The van der Waals surface area contributed by atoms with Gasteiger partial charge >= 0.3 is 5.69 Å². The van der Waals surface area contributed by atoms with Crippen molar-refractivity contribution in [3.8, 4) is 0 Å². The topological polar surface area (TPSA) is 85.3 Å². The van der Waals surface area contributed by atoms with Crippen molar-refractivity contribution in [3.63, 3.8) is 0 Å². The Bertz CT molecular complexity index is 1200. The number of nitrogens with zero attached hydrogens (tertiary/aromatic N) is 4. The number of rotatable bonds is 6. The molecule has 1 N–H and O–H groups in total. The third kappa shape index (κ3) is 3.70. The second-order valence-electron chi connectivity index (χ2n) is 6.59. The Morgan fingerprint density at radius 3 is 2.66 bits per heavy atom. The van der Waals surface area contributed by atoms with Crippen molar-refractivity contribution in [2.75, 3.05) is 5.43 Å². The fraction of sp³-hybridized carbons (Fsp3) is 0.0909. The maximum atomic E-state index is 11.1. The molecule has 4 aromatic rings. The second-order valence-corrected chi connectivity index (χ2v) is 6.59. The van der Waals surface area contributed by atoms with Gasteiger partial charge in [-0.2, -0.15) is 5.10 Å². The van der Waals surface area contributed by atoms with Gasteiger partial charge in [-0.15, -0.1) is 0 Å². The van der Waals surface area contributed by atoms with Crippen LogP contribution in [0.1, 0.15) is 16.8 Å². The van der Waals surface area contributed by atoms with E-state index in [9.17, 15) is 10.1 Å². The van der Waals surface area contributed by atoms with Crippen molar-refractivity contribution in [2.24, 2.45) is 5.10 Å². The highest BCUT2D eigenvalue weighted by Gasteiger charge is 2.14. The van der Waals surface area contributed by atoms with Gasteiger partial charge in [0.2, 0.25) is 5.82 Å². The number of pyridine rings is 1. The number of hydrogen-bond donors (Lipinski definition) is 1. The number of aromatic nitrogens is 2. The lowest BCUT2D eigenvalue weighted by Gasteiger charge is -2.08. The first-order chi connectivity index (χ1) is 14.1. The first-order valence-electron chi connectivity index (χ1n) is 9.15. The van der Waals surface area contributed by atoms with Crippen LogP contribution >= 0.6 is 0 Å². The third-order valence-electron chi connectivity index (χ3n) is 4.81. The van der Waals surface area contributed by atoms with Gasteiger partial charge in [0.1, 0.15) is 0 Å². The molecule has 0 atom stereocenters. The van der Waals surface area contributed by atoms with Gasteiger partial charge in [-0.3, -0.25) is 15.5 Å². The SMILES string of the molecule is Cc1c(/C=N\Nc2ncccc2[N+](=O)[O-])c2ccccc2n1Cc1ccccc1. The fourth-order valence-electron chi connectivity index (χ4n) is 3.38. The van der Waals surface area contributed by atoms with Crippen molar-refractivity contribution in [1.82, 2.24) is 9.55 Å². The number of anilines is 1. The van der Waals surface area contributed by atoms with Crippen LogP contribution in [0.25, 0.3) is 10.9 Å². The highest BCUT2D eigenvalue weighted by Crippen LogP contribution is 2.26. The lowest BCUT2D eigenvalue weighted by Crippen LogP contribution is -2.02. The minimum atomic E-state index is -0.484. The average molecular weight is 385 g/mol. The summed E-state index contributed by atoms with van der Waals surface area (Å²) in [6, 6.07) is 21.3. The van der Waals surface area contributed by atoms with Crippen LogP contribution in [0.3, 0.4) is 0 Å². The van der Waals surface area contributed by atoms with Crippen LogP contribution in [0.4, 0.5) is 11.5 Å². The van der Waals surface area contributed by atoms with E-state index in [-0.39, 0.29) is 11.5 Å². The van der Waals surface area contributed by atoms with Gasteiger partial charge < -0.3 is 4.57 Å². The Labute approximate surface area is 167 Å². The van der Waals surface area contributed by atoms with Gasteiger partial charge in [0, 0.05) is 41.0 Å². The molecule has 0 bridgehead atoms. The Kier molecular flexibility index (Phi) is 5.03. The molecule has 0 unspecified atom stereocenters. The van der Waals surface area contributed by atoms with E-state index in [0.717, 1.165) is 28.7 Å². The van der Waals surface area contributed by atoms with Crippen molar-refractivity contribution in [2.45, 2.75) is 13.5 Å². The van der Waals surface area contributed by atoms with Gasteiger partial charge in [0.15, 0.2) is 0 Å². The Morgan fingerprint density at radius 1 is 1.10 bits per heavy atom. The number of nitrogens with one attached hydrogen (secondary N) is 1. The first-order valence-corrected chi connectivity index (χ1v) is 9.15. The number of para-hydroxylation sites is 1. The smallest absolute Gasteiger partial charge is 0.313 e. The molecule has 0 saturated carbocycles. The largest absolute Gasteiger partial charge is 0.340 e. The summed E-state index contributed by atoms with van der Waals surface area (Å²) in [4.78, 5) is 14.7. The number of fused-ring (bicyclic) bond motifs is 1. The van der Waals surface area contributed by atoms with E-state index in [1.54, 1.807) is 6.21 Å². The van der Waals surface area contributed by atoms with Gasteiger partial charge in [-0.25, -0.2) is 4.98 Å². The average Bonchev–Trinajstić information content (AvgIpc) is 3.01.